The second-order valence-corrected chi connectivity index (χ2v) is 5.63. The molecule has 0 fully saturated rings. The first-order chi connectivity index (χ1) is 12.8. The minimum absolute atomic E-state index is 0.176. The highest BCUT2D eigenvalue weighted by atomic mass is 16.7. The van der Waals surface area contributed by atoms with Gasteiger partial charge < -0.3 is 20.1 Å². The van der Waals surface area contributed by atoms with Gasteiger partial charge in [-0.25, -0.2) is 4.98 Å². The summed E-state index contributed by atoms with van der Waals surface area (Å²) in [6.07, 6.45) is 3.42. The largest absolute Gasteiger partial charge is 0.454 e. The van der Waals surface area contributed by atoms with Crippen LogP contribution in [0.4, 0.5) is 11.5 Å². The molecular weight excluding hydrogens is 332 g/mol. The maximum Gasteiger partial charge on any atom is 0.256 e. The van der Waals surface area contributed by atoms with Crippen LogP contribution in [0.3, 0.4) is 0 Å². The van der Waals surface area contributed by atoms with E-state index in [1.165, 1.54) is 0 Å². The highest BCUT2D eigenvalue weighted by molar-refractivity contribution is 6.04. The van der Waals surface area contributed by atoms with Crippen molar-refractivity contribution in [2.24, 2.45) is 0 Å². The van der Waals surface area contributed by atoms with Crippen LogP contribution in [0.5, 0.6) is 11.5 Å². The Morgan fingerprint density at radius 2 is 1.96 bits per heavy atom. The lowest BCUT2D eigenvalue weighted by atomic mass is 10.2. The third-order valence-corrected chi connectivity index (χ3v) is 3.84. The highest BCUT2D eigenvalue weighted by Gasteiger charge is 2.16. The average Bonchev–Trinajstić information content (AvgIpc) is 3.16. The molecule has 0 saturated carbocycles. The lowest BCUT2D eigenvalue weighted by Crippen LogP contribution is -2.13. The van der Waals surface area contributed by atoms with Crippen LogP contribution in [0.2, 0.25) is 0 Å². The number of aromatic nitrogens is 2. The third kappa shape index (κ3) is 3.56. The number of ether oxygens (including phenoxy) is 2. The summed E-state index contributed by atoms with van der Waals surface area (Å²) in [6, 6.07) is 14.4. The summed E-state index contributed by atoms with van der Waals surface area (Å²) in [5.41, 5.74) is 2.26. The number of rotatable bonds is 5. The number of anilines is 2. The predicted octanol–water partition coefficient (Wildman–Crippen LogP) is 3.07. The number of nitrogens with one attached hydrogen (secondary N) is 2. The molecule has 0 unspecified atom stereocenters. The number of fused-ring (bicyclic) bond motifs is 1. The summed E-state index contributed by atoms with van der Waals surface area (Å²) < 4.78 is 10.5. The van der Waals surface area contributed by atoms with E-state index in [1.54, 1.807) is 36.7 Å². The number of carbonyl (C=O) groups excluding carboxylic acids is 1. The number of hydrogen-bond acceptors (Lipinski definition) is 6. The Balaban J connectivity index is 1.37. The second-order valence-electron chi connectivity index (χ2n) is 5.63. The molecule has 1 aromatic carbocycles. The summed E-state index contributed by atoms with van der Waals surface area (Å²) in [6.45, 7) is 0.778. The first-order valence-electron chi connectivity index (χ1n) is 8.09. The monoisotopic (exact) mass is 348 g/mol. The Bertz CT molecular complexity index is 914. The van der Waals surface area contributed by atoms with Gasteiger partial charge in [-0.3, -0.25) is 9.78 Å². The summed E-state index contributed by atoms with van der Waals surface area (Å²) in [5.74, 6) is 1.42. The van der Waals surface area contributed by atoms with Gasteiger partial charge >= 0.3 is 0 Å². The van der Waals surface area contributed by atoms with Crippen LogP contribution in [-0.2, 0) is 6.54 Å². The number of nitrogens with zero attached hydrogens (tertiary/aromatic N) is 2. The lowest BCUT2D eigenvalue weighted by molar-refractivity contribution is 0.102. The van der Waals surface area contributed by atoms with Crippen molar-refractivity contribution in [2.75, 3.05) is 17.4 Å². The number of amides is 1. The summed E-state index contributed by atoms with van der Waals surface area (Å²) in [7, 11) is 0. The molecule has 0 radical (unpaired) electrons. The zero-order valence-corrected chi connectivity index (χ0v) is 13.8. The smallest absolute Gasteiger partial charge is 0.256 e. The predicted molar refractivity (Wildman–Crippen MR) is 96.3 cm³/mol. The Kier molecular flexibility index (Phi) is 4.34. The van der Waals surface area contributed by atoms with Gasteiger partial charge in [0.2, 0.25) is 6.79 Å². The zero-order chi connectivity index (χ0) is 17.8. The molecule has 3 aromatic rings. The molecule has 1 amide bonds. The maximum absolute atomic E-state index is 12.3. The quantitative estimate of drug-likeness (QED) is 0.737. The van der Waals surface area contributed by atoms with Gasteiger partial charge in [0.1, 0.15) is 5.82 Å². The summed E-state index contributed by atoms with van der Waals surface area (Å²) >= 11 is 0. The Morgan fingerprint density at radius 1 is 1.04 bits per heavy atom. The van der Waals surface area contributed by atoms with Crippen LogP contribution >= 0.6 is 0 Å². The van der Waals surface area contributed by atoms with Crippen LogP contribution in [0.15, 0.2) is 60.9 Å². The Labute approximate surface area is 150 Å². The van der Waals surface area contributed by atoms with Crippen molar-refractivity contribution in [1.82, 2.24) is 9.97 Å². The minimum Gasteiger partial charge on any atom is -0.454 e. The number of benzene rings is 1. The van der Waals surface area contributed by atoms with Gasteiger partial charge in [-0.1, -0.05) is 6.07 Å². The lowest BCUT2D eigenvalue weighted by Gasteiger charge is -2.08. The first-order valence-corrected chi connectivity index (χ1v) is 8.09. The van der Waals surface area contributed by atoms with E-state index < -0.39 is 0 Å². The molecule has 130 valence electrons. The molecule has 7 nitrogen and oxygen atoms in total. The molecule has 0 spiro atoms. The van der Waals surface area contributed by atoms with E-state index in [0.29, 0.717) is 29.4 Å². The van der Waals surface area contributed by atoms with Gasteiger partial charge in [-0.15, -0.1) is 0 Å². The average molecular weight is 348 g/mol. The van der Waals surface area contributed by atoms with Crippen LogP contribution in [0.1, 0.15) is 16.1 Å². The maximum atomic E-state index is 12.3. The van der Waals surface area contributed by atoms with Crippen LogP contribution in [0, 0.1) is 0 Å². The van der Waals surface area contributed by atoms with Crippen molar-refractivity contribution < 1.29 is 14.3 Å². The zero-order valence-electron chi connectivity index (χ0n) is 13.8. The Morgan fingerprint density at radius 3 is 2.77 bits per heavy atom. The van der Waals surface area contributed by atoms with E-state index in [0.717, 1.165) is 11.4 Å². The SMILES string of the molecule is O=C(Nc1ccc(NCc2ccccn2)cn1)c1ccc2c(c1)OCO2. The molecule has 26 heavy (non-hydrogen) atoms. The van der Waals surface area contributed by atoms with Crippen molar-refractivity contribution >= 4 is 17.4 Å². The van der Waals surface area contributed by atoms with Gasteiger partial charge in [-0.2, -0.15) is 0 Å². The molecule has 3 heterocycles. The number of hydrogen-bond donors (Lipinski definition) is 2. The van der Waals surface area contributed by atoms with Gasteiger partial charge in [0.15, 0.2) is 11.5 Å². The normalized spacial score (nSPS) is 11.8. The molecule has 2 aromatic heterocycles. The van der Waals surface area contributed by atoms with Crippen molar-refractivity contribution in [3.8, 4) is 11.5 Å². The van der Waals surface area contributed by atoms with Gasteiger partial charge in [-0.05, 0) is 42.5 Å². The molecule has 2 N–H and O–H groups in total. The summed E-state index contributed by atoms with van der Waals surface area (Å²) in [5, 5.41) is 6.00. The van der Waals surface area contributed by atoms with E-state index in [-0.39, 0.29) is 12.7 Å². The van der Waals surface area contributed by atoms with E-state index in [4.69, 9.17) is 9.47 Å². The third-order valence-electron chi connectivity index (χ3n) is 3.84. The Hall–Kier alpha value is -3.61. The second kappa shape index (κ2) is 7.10. The molecular formula is C19H16N4O3. The summed E-state index contributed by atoms with van der Waals surface area (Å²) in [4.78, 5) is 20.8. The van der Waals surface area contributed by atoms with E-state index >= 15 is 0 Å². The van der Waals surface area contributed by atoms with Crippen LogP contribution < -0.4 is 20.1 Å². The fourth-order valence-corrected chi connectivity index (χ4v) is 2.49. The van der Waals surface area contributed by atoms with E-state index in [1.807, 2.05) is 24.3 Å². The van der Waals surface area contributed by atoms with Crippen LogP contribution in [0.25, 0.3) is 0 Å². The molecule has 0 aliphatic carbocycles. The molecule has 0 saturated heterocycles. The first kappa shape index (κ1) is 15.9. The molecule has 4 rings (SSSR count). The fraction of sp³-hybridized carbons (Fsp3) is 0.105. The van der Waals surface area contributed by atoms with Gasteiger partial charge in [0, 0.05) is 11.8 Å². The van der Waals surface area contributed by atoms with E-state index in [2.05, 4.69) is 20.6 Å². The molecule has 0 atom stereocenters. The van der Waals surface area contributed by atoms with Crippen molar-refractivity contribution in [3.63, 3.8) is 0 Å². The van der Waals surface area contributed by atoms with Crippen LogP contribution in [-0.4, -0.2) is 22.7 Å². The van der Waals surface area contributed by atoms with Crippen molar-refractivity contribution in [3.05, 3.63) is 72.2 Å². The highest BCUT2D eigenvalue weighted by Crippen LogP contribution is 2.32. The fourth-order valence-electron chi connectivity index (χ4n) is 2.49. The topological polar surface area (TPSA) is 85.4 Å². The number of pyridine rings is 2. The minimum atomic E-state index is -0.259. The van der Waals surface area contributed by atoms with E-state index in [9.17, 15) is 4.79 Å². The van der Waals surface area contributed by atoms with Gasteiger partial charge in [0.05, 0.1) is 24.1 Å². The van der Waals surface area contributed by atoms with Crippen molar-refractivity contribution in [1.29, 1.82) is 0 Å². The van der Waals surface area contributed by atoms with Crippen molar-refractivity contribution in [2.45, 2.75) is 6.54 Å². The molecule has 1 aliphatic heterocycles. The number of carbonyl (C=O) groups is 1. The molecule has 7 heteroatoms. The van der Waals surface area contributed by atoms with Gasteiger partial charge in [0.25, 0.3) is 5.91 Å². The molecule has 1 aliphatic rings. The molecule has 0 bridgehead atoms. The standard InChI is InChI=1S/C19H16N4O3/c24-19(13-4-6-16-17(9-13)26-12-25-16)23-18-7-5-15(11-22-18)21-10-14-3-1-2-8-20-14/h1-9,11,21H,10,12H2,(H,22,23,24).